The summed E-state index contributed by atoms with van der Waals surface area (Å²) in [5.41, 5.74) is 0.827. The molecule has 1 N–H and O–H groups in total. The van der Waals surface area contributed by atoms with Crippen LogP contribution in [-0.4, -0.2) is 25.6 Å². The number of rotatable bonds is 2. The van der Waals surface area contributed by atoms with E-state index in [1.807, 2.05) is 17.5 Å². The number of aryl methyl sites for hydroxylation is 1. The Balaban J connectivity index is 1.82. The summed E-state index contributed by atoms with van der Waals surface area (Å²) in [6.45, 7) is 4.28. The highest BCUT2D eigenvalue weighted by Crippen LogP contribution is 2.26. The van der Waals surface area contributed by atoms with Gasteiger partial charge < -0.3 is 5.32 Å². The van der Waals surface area contributed by atoms with Crippen LogP contribution >= 0.6 is 0 Å². The van der Waals surface area contributed by atoms with Crippen LogP contribution in [0.5, 0.6) is 0 Å². The number of hydrogen-bond acceptors (Lipinski definition) is 4. The van der Waals surface area contributed by atoms with Crippen molar-refractivity contribution in [3.05, 3.63) is 18.2 Å². The molecule has 0 radical (unpaired) electrons. The highest BCUT2D eigenvalue weighted by atomic mass is 15.3. The van der Waals surface area contributed by atoms with Gasteiger partial charge in [-0.05, 0) is 38.5 Å². The Kier molecular flexibility index (Phi) is 2.89. The fraction of sp³-hybridized carbons (Fsp3) is 0.615. The van der Waals surface area contributed by atoms with Crippen molar-refractivity contribution in [2.75, 3.05) is 5.32 Å². The fourth-order valence-corrected chi connectivity index (χ4v) is 2.64. The van der Waals surface area contributed by atoms with Gasteiger partial charge >= 0.3 is 0 Å². The number of nitrogens with zero attached hydrogens (tertiary/aromatic N) is 4. The lowest BCUT2D eigenvalue weighted by Gasteiger charge is -2.27. The zero-order valence-corrected chi connectivity index (χ0v) is 10.9. The maximum atomic E-state index is 4.40. The molecule has 3 rings (SSSR count). The molecule has 0 aliphatic heterocycles. The Morgan fingerprint density at radius 1 is 1.22 bits per heavy atom. The predicted octanol–water partition coefficient (Wildman–Crippen LogP) is 2.42. The van der Waals surface area contributed by atoms with Crippen molar-refractivity contribution in [1.82, 2.24) is 19.6 Å². The minimum absolute atomic E-state index is 0.525. The molecule has 0 saturated heterocycles. The first-order chi connectivity index (χ1) is 8.74. The van der Waals surface area contributed by atoms with Gasteiger partial charge in [0.1, 0.15) is 5.82 Å². The van der Waals surface area contributed by atoms with Gasteiger partial charge in [-0.1, -0.05) is 6.92 Å². The van der Waals surface area contributed by atoms with Crippen molar-refractivity contribution in [2.45, 2.75) is 45.6 Å². The summed E-state index contributed by atoms with van der Waals surface area (Å²) in [6, 6.07) is 0.525. The van der Waals surface area contributed by atoms with Crippen molar-refractivity contribution in [1.29, 1.82) is 0 Å². The van der Waals surface area contributed by atoms with Crippen molar-refractivity contribution in [3.63, 3.8) is 0 Å². The van der Waals surface area contributed by atoms with E-state index in [1.54, 1.807) is 6.20 Å². The summed E-state index contributed by atoms with van der Waals surface area (Å²) in [5.74, 6) is 2.62. The summed E-state index contributed by atoms with van der Waals surface area (Å²) >= 11 is 0. The number of nitrogens with one attached hydrogen (secondary N) is 1. The molecule has 0 amide bonds. The molecule has 2 heterocycles. The van der Waals surface area contributed by atoms with E-state index >= 15 is 0 Å². The Bertz CT molecular complexity index is 539. The Labute approximate surface area is 107 Å². The van der Waals surface area contributed by atoms with Crippen LogP contribution < -0.4 is 5.32 Å². The molecule has 1 saturated carbocycles. The van der Waals surface area contributed by atoms with Gasteiger partial charge in [-0.2, -0.15) is 0 Å². The van der Waals surface area contributed by atoms with Crippen LogP contribution in [0.25, 0.3) is 5.65 Å². The molecule has 0 aromatic carbocycles. The molecule has 0 spiro atoms. The molecule has 0 atom stereocenters. The third-order valence-electron chi connectivity index (χ3n) is 3.85. The lowest BCUT2D eigenvalue weighted by atomic mass is 9.87. The van der Waals surface area contributed by atoms with Gasteiger partial charge in [-0.25, -0.2) is 4.98 Å². The van der Waals surface area contributed by atoms with Crippen LogP contribution in [0.4, 0.5) is 5.82 Å². The van der Waals surface area contributed by atoms with Crippen LogP contribution in [0.15, 0.2) is 12.4 Å². The topological polar surface area (TPSA) is 55.1 Å². The second kappa shape index (κ2) is 4.55. The van der Waals surface area contributed by atoms with Crippen molar-refractivity contribution < 1.29 is 0 Å². The molecular weight excluding hydrogens is 226 g/mol. The number of aromatic nitrogens is 4. The van der Waals surface area contributed by atoms with Gasteiger partial charge in [0.05, 0.1) is 0 Å². The maximum Gasteiger partial charge on any atom is 0.203 e. The van der Waals surface area contributed by atoms with E-state index in [0.717, 1.165) is 23.2 Å². The summed E-state index contributed by atoms with van der Waals surface area (Å²) in [5, 5.41) is 11.8. The van der Waals surface area contributed by atoms with Gasteiger partial charge in [-0.15, -0.1) is 10.2 Å². The third-order valence-corrected chi connectivity index (χ3v) is 3.85. The second-order valence-electron chi connectivity index (χ2n) is 5.32. The average molecular weight is 245 g/mol. The van der Waals surface area contributed by atoms with Gasteiger partial charge in [0.15, 0.2) is 5.82 Å². The molecule has 1 fully saturated rings. The molecule has 0 unspecified atom stereocenters. The minimum atomic E-state index is 0.525. The minimum Gasteiger partial charge on any atom is -0.364 e. The molecular formula is C13H19N5. The third kappa shape index (κ3) is 2.05. The van der Waals surface area contributed by atoms with Gasteiger partial charge in [-0.3, -0.25) is 4.40 Å². The lowest BCUT2D eigenvalue weighted by Crippen LogP contribution is -2.26. The number of fused-ring (bicyclic) bond motifs is 1. The second-order valence-corrected chi connectivity index (χ2v) is 5.32. The van der Waals surface area contributed by atoms with Gasteiger partial charge in [0.2, 0.25) is 5.65 Å². The fourth-order valence-electron chi connectivity index (χ4n) is 2.64. The van der Waals surface area contributed by atoms with E-state index < -0.39 is 0 Å². The van der Waals surface area contributed by atoms with Gasteiger partial charge in [0.25, 0.3) is 0 Å². The maximum absolute atomic E-state index is 4.40. The summed E-state index contributed by atoms with van der Waals surface area (Å²) < 4.78 is 1.97. The van der Waals surface area contributed by atoms with Crippen LogP contribution in [0.3, 0.4) is 0 Å². The monoisotopic (exact) mass is 245 g/mol. The SMILES string of the molecule is Cc1nnc2c(NC3CCC(C)CC3)nccn12. The molecule has 2 aromatic rings. The first-order valence-corrected chi connectivity index (χ1v) is 6.67. The van der Waals surface area contributed by atoms with Crippen molar-refractivity contribution in [2.24, 2.45) is 5.92 Å². The van der Waals surface area contributed by atoms with E-state index in [9.17, 15) is 0 Å². The highest BCUT2D eigenvalue weighted by molar-refractivity contribution is 5.62. The summed E-state index contributed by atoms with van der Waals surface area (Å²) in [4.78, 5) is 4.40. The van der Waals surface area contributed by atoms with E-state index in [0.29, 0.717) is 6.04 Å². The van der Waals surface area contributed by atoms with Crippen molar-refractivity contribution >= 4 is 11.5 Å². The van der Waals surface area contributed by atoms with E-state index in [4.69, 9.17) is 0 Å². The molecule has 96 valence electrons. The van der Waals surface area contributed by atoms with Crippen LogP contribution in [0.1, 0.15) is 38.4 Å². The van der Waals surface area contributed by atoms with Crippen LogP contribution in [-0.2, 0) is 0 Å². The summed E-state index contributed by atoms with van der Waals surface area (Å²) in [7, 11) is 0. The van der Waals surface area contributed by atoms with Gasteiger partial charge in [0, 0.05) is 18.4 Å². The lowest BCUT2D eigenvalue weighted by molar-refractivity contribution is 0.361. The standard InChI is InChI=1S/C13H19N5/c1-9-3-5-11(6-4-9)15-12-13-17-16-10(2)18(13)8-7-14-12/h7-9,11H,3-6H2,1-2H3,(H,14,15). The smallest absolute Gasteiger partial charge is 0.203 e. The molecule has 5 heteroatoms. The Hall–Kier alpha value is -1.65. The average Bonchev–Trinajstić information content (AvgIpc) is 2.76. The largest absolute Gasteiger partial charge is 0.364 e. The zero-order chi connectivity index (χ0) is 12.5. The normalized spacial score (nSPS) is 24.3. The number of hydrogen-bond donors (Lipinski definition) is 1. The molecule has 0 bridgehead atoms. The van der Waals surface area contributed by atoms with Crippen LogP contribution in [0.2, 0.25) is 0 Å². The highest BCUT2D eigenvalue weighted by Gasteiger charge is 2.19. The van der Waals surface area contributed by atoms with E-state index in [-0.39, 0.29) is 0 Å². The zero-order valence-electron chi connectivity index (χ0n) is 10.9. The first kappa shape index (κ1) is 11.4. The quantitative estimate of drug-likeness (QED) is 0.882. The molecule has 18 heavy (non-hydrogen) atoms. The predicted molar refractivity (Wildman–Crippen MR) is 70.6 cm³/mol. The van der Waals surface area contributed by atoms with Crippen molar-refractivity contribution in [3.8, 4) is 0 Å². The Morgan fingerprint density at radius 3 is 2.78 bits per heavy atom. The molecule has 1 aliphatic rings. The summed E-state index contributed by atoms with van der Waals surface area (Å²) in [6.07, 6.45) is 8.74. The Morgan fingerprint density at radius 2 is 2.00 bits per heavy atom. The van der Waals surface area contributed by atoms with Crippen LogP contribution in [0, 0.1) is 12.8 Å². The number of anilines is 1. The molecule has 1 aliphatic carbocycles. The van der Waals surface area contributed by atoms with E-state index in [2.05, 4.69) is 27.4 Å². The first-order valence-electron chi connectivity index (χ1n) is 6.67. The molecule has 2 aromatic heterocycles. The van der Waals surface area contributed by atoms with E-state index in [1.165, 1.54) is 25.7 Å². The molecule has 5 nitrogen and oxygen atoms in total.